The average Bonchev–Trinajstić information content (AvgIpc) is 2.33. The highest BCUT2D eigenvalue weighted by molar-refractivity contribution is 6.35. The quantitative estimate of drug-likeness (QED) is 0.858. The van der Waals surface area contributed by atoms with Crippen molar-refractivity contribution in [2.45, 2.75) is 13.8 Å². The number of nitrogens with one attached hydrogen (secondary N) is 1. The maximum atomic E-state index is 11.7. The van der Waals surface area contributed by atoms with Crippen molar-refractivity contribution < 1.29 is 19.1 Å². The lowest BCUT2D eigenvalue weighted by molar-refractivity contribution is -0.114. The molecule has 1 amide bonds. The molecule has 0 radical (unpaired) electrons. The molecular formula is C12H14ClNO4. The van der Waals surface area contributed by atoms with Crippen LogP contribution in [0.2, 0.25) is 5.02 Å². The second-order valence-electron chi connectivity index (χ2n) is 3.61. The van der Waals surface area contributed by atoms with E-state index in [4.69, 9.17) is 16.3 Å². The molecule has 0 saturated carbocycles. The van der Waals surface area contributed by atoms with Gasteiger partial charge in [-0.1, -0.05) is 11.6 Å². The van der Waals surface area contributed by atoms with Crippen LogP contribution in [-0.2, 0) is 9.53 Å². The lowest BCUT2D eigenvalue weighted by atomic mass is 10.1. The number of rotatable bonds is 3. The van der Waals surface area contributed by atoms with E-state index >= 15 is 0 Å². The number of esters is 1. The topological polar surface area (TPSA) is 64.6 Å². The number of benzene rings is 1. The van der Waals surface area contributed by atoms with E-state index < -0.39 is 5.97 Å². The number of hydrogen-bond acceptors (Lipinski definition) is 4. The number of halogens is 1. The van der Waals surface area contributed by atoms with Crippen LogP contribution in [0.1, 0.15) is 22.8 Å². The summed E-state index contributed by atoms with van der Waals surface area (Å²) in [4.78, 5) is 22.7. The molecule has 18 heavy (non-hydrogen) atoms. The molecule has 0 bridgehead atoms. The van der Waals surface area contributed by atoms with Gasteiger partial charge in [-0.05, 0) is 12.5 Å². The van der Waals surface area contributed by atoms with Gasteiger partial charge in [0.05, 0.1) is 24.9 Å². The molecule has 0 spiro atoms. The lowest BCUT2D eigenvalue weighted by Gasteiger charge is -2.15. The largest absolute Gasteiger partial charge is 0.496 e. The van der Waals surface area contributed by atoms with Crippen LogP contribution in [-0.4, -0.2) is 26.1 Å². The van der Waals surface area contributed by atoms with Crippen LogP contribution in [0.25, 0.3) is 0 Å². The Labute approximate surface area is 110 Å². The van der Waals surface area contributed by atoms with Gasteiger partial charge < -0.3 is 14.8 Å². The van der Waals surface area contributed by atoms with Crippen molar-refractivity contribution in [2.24, 2.45) is 0 Å². The van der Waals surface area contributed by atoms with Gasteiger partial charge >= 0.3 is 5.97 Å². The number of carbonyl (C=O) groups excluding carboxylic acids is 2. The Morgan fingerprint density at radius 1 is 1.33 bits per heavy atom. The highest BCUT2D eigenvalue weighted by atomic mass is 35.5. The van der Waals surface area contributed by atoms with Crippen molar-refractivity contribution >= 4 is 29.2 Å². The van der Waals surface area contributed by atoms with E-state index in [1.165, 1.54) is 27.2 Å². The summed E-state index contributed by atoms with van der Waals surface area (Å²) in [6, 6.07) is 1.49. The summed E-state index contributed by atoms with van der Waals surface area (Å²) in [6.45, 7) is 3.02. The second-order valence-corrected chi connectivity index (χ2v) is 3.99. The number of hydrogen-bond donors (Lipinski definition) is 1. The monoisotopic (exact) mass is 271 g/mol. The van der Waals surface area contributed by atoms with Crippen LogP contribution in [0.3, 0.4) is 0 Å². The van der Waals surface area contributed by atoms with Gasteiger partial charge in [-0.3, -0.25) is 4.79 Å². The van der Waals surface area contributed by atoms with Crippen LogP contribution >= 0.6 is 11.6 Å². The summed E-state index contributed by atoms with van der Waals surface area (Å²) in [6.07, 6.45) is 0. The van der Waals surface area contributed by atoms with E-state index in [0.29, 0.717) is 17.0 Å². The first-order chi connectivity index (χ1) is 8.42. The minimum absolute atomic E-state index is 0.249. The SMILES string of the molecule is COC(=O)c1c(OC)cc(NC(C)=O)c(Cl)c1C. The summed E-state index contributed by atoms with van der Waals surface area (Å²) in [5, 5.41) is 2.85. The third-order valence-corrected chi connectivity index (χ3v) is 2.87. The molecule has 0 aliphatic heterocycles. The van der Waals surface area contributed by atoms with Crippen LogP contribution in [0.4, 0.5) is 5.69 Å². The molecule has 1 aromatic rings. The summed E-state index contributed by atoms with van der Waals surface area (Å²) in [7, 11) is 2.70. The average molecular weight is 272 g/mol. The van der Waals surface area contributed by atoms with Crippen molar-refractivity contribution in [3.63, 3.8) is 0 Å². The molecule has 5 nitrogen and oxygen atoms in total. The van der Waals surface area contributed by atoms with E-state index in [1.807, 2.05) is 0 Å². The Morgan fingerprint density at radius 3 is 2.39 bits per heavy atom. The normalized spacial score (nSPS) is 9.83. The van der Waals surface area contributed by atoms with Gasteiger partial charge in [0.1, 0.15) is 11.3 Å². The first kappa shape index (κ1) is 14.3. The van der Waals surface area contributed by atoms with E-state index in [-0.39, 0.29) is 16.5 Å². The molecule has 0 unspecified atom stereocenters. The zero-order valence-corrected chi connectivity index (χ0v) is 11.3. The molecule has 0 fully saturated rings. The molecule has 0 atom stereocenters. The zero-order chi connectivity index (χ0) is 13.9. The molecular weight excluding hydrogens is 258 g/mol. The Hall–Kier alpha value is -1.75. The highest BCUT2D eigenvalue weighted by Crippen LogP contribution is 2.35. The molecule has 0 aromatic heterocycles. The predicted molar refractivity (Wildman–Crippen MR) is 68.4 cm³/mol. The second kappa shape index (κ2) is 5.73. The van der Waals surface area contributed by atoms with Crippen molar-refractivity contribution in [3.05, 3.63) is 22.2 Å². The molecule has 0 aliphatic rings. The van der Waals surface area contributed by atoms with Gasteiger partial charge in [0.25, 0.3) is 0 Å². The number of amides is 1. The molecule has 6 heteroatoms. The summed E-state index contributed by atoms with van der Waals surface area (Å²) in [5.74, 6) is -0.503. The maximum absolute atomic E-state index is 11.7. The maximum Gasteiger partial charge on any atom is 0.341 e. The third-order valence-electron chi connectivity index (χ3n) is 2.38. The molecule has 1 aromatic carbocycles. The van der Waals surface area contributed by atoms with Gasteiger partial charge in [-0.25, -0.2) is 4.79 Å². The Bertz CT molecular complexity index is 499. The molecule has 0 aliphatic carbocycles. The smallest absolute Gasteiger partial charge is 0.341 e. The number of methoxy groups -OCH3 is 2. The van der Waals surface area contributed by atoms with E-state index in [2.05, 4.69) is 10.1 Å². The van der Waals surface area contributed by atoms with Crippen LogP contribution in [0.5, 0.6) is 5.75 Å². The van der Waals surface area contributed by atoms with Crippen LogP contribution in [0.15, 0.2) is 6.07 Å². The summed E-state index contributed by atoms with van der Waals surface area (Å²) >= 11 is 6.09. The summed E-state index contributed by atoms with van der Waals surface area (Å²) < 4.78 is 9.79. The van der Waals surface area contributed by atoms with Gasteiger partial charge in [0, 0.05) is 13.0 Å². The number of carbonyl (C=O) groups is 2. The minimum atomic E-state index is -0.541. The Kier molecular flexibility index (Phi) is 4.55. The van der Waals surface area contributed by atoms with Crippen molar-refractivity contribution in [1.82, 2.24) is 0 Å². The fourth-order valence-corrected chi connectivity index (χ4v) is 1.76. The first-order valence-corrected chi connectivity index (χ1v) is 5.53. The fraction of sp³-hybridized carbons (Fsp3) is 0.333. The van der Waals surface area contributed by atoms with E-state index in [9.17, 15) is 9.59 Å². The lowest BCUT2D eigenvalue weighted by Crippen LogP contribution is -2.11. The molecule has 0 heterocycles. The number of ether oxygens (including phenoxy) is 2. The van der Waals surface area contributed by atoms with E-state index in [1.54, 1.807) is 6.92 Å². The Balaban J connectivity index is 3.43. The summed E-state index contributed by atoms with van der Waals surface area (Å²) in [5.41, 5.74) is 1.14. The van der Waals surface area contributed by atoms with Gasteiger partial charge in [-0.2, -0.15) is 0 Å². The van der Waals surface area contributed by atoms with Crippen LogP contribution in [0, 0.1) is 6.92 Å². The molecule has 1 rings (SSSR count). The highest BCUT2D eigenvalue weighted by Gasteiger charge is 2.21. The van der Waals surface area contributed by atoms with Gasteiger partial charge in [-0.15, -0.1) is 0 Å². The van der Waals surface area contributed by atoms with Gasteiger partial charge in [0.15, 0.2) is 0 Å². The molecule has 98 valence electrons. The minimum Gasteiger partial charge on any atom is -0.496 e. The first-order valence-electron chi connectivity index (χ1n) is 5.15. The third kappa shape index (κ3) is 2.73. The van der Waals surface area contributed by atoms with Crippen LogP contribution < -0.4 is 10.1 Å². The molecule has 1 N–H and O–H groups in total. The van der Waals surface area contributed by atoms with E-state index in [0.717, 1.165) is 0 Å². The van der Waals surface area contributed by atoms with Crippen molar-refractivity contribution in [3.8, 4) is 5.75 Å². The fourth-order valence-electron chi connectivity index (χ4n) is 1.56. The van der Waals surface area contributed by atoms with Gasteiger partial charge in [0.2, 0.25) is 5.91 Å². The zero-order valence-electron chi connectivity index (χ0n) is 10.6. The number of anilines is 1. The predicted octanol–water partition coefficient (Wildman–Crippen LogP) is 2.40. The Morgan fingerprint density at radius 2 is 1.94 bits per heavy atom. The standard InChI is InChI=1S/C12H14ClNO4/c1-6-10(12(16)18-4)9(17-3)5-8(11(6)13)14-7(2)15/h5H,1-4H3,(H,14,15). The van der Waals surface area contributed by atoms with Crippen molar-refractivity contribution in [1.29, 1.82) is 0 Å². The molecule has 0 saturated heterocycles. The van der Waals surface area contributed by atoms with Crippen molar-refractivity contribution in [2.75, 3.05) is 19.5 Å².